The molecule has 0 amide bonds. The van der Waals surface area contributed by atoms with Gasteiger partial charge in [0.2, 0.25) is 0 Å². The summed E-state index contributed by atoms with van der Waals surface area (Å²) in [5.41, 5.74) is 3.25. The van der Waals surface area contributed by atoms with Crippen LogP contribution in [0, 0.1) is 0 Å². The lowest BCUT2D eigenvalue weighted by Gasteiger charge is -2.12. The second-order valence-electron chi connectivity index (χ2n) is 4.84. The van der Waals surface area contributed by atoms with Gasteiger partial charge in [0.05, 0.1) is 5.69 Å². The van der Waals surface area contributed by atoms with Gasteiger partial charge >= 0.3 is 0 Å². The van der Waals surface area contributed by atoms with Crippen LogP contribution in [0.15, 0.2) is 53.0 Å². The summed E-state index contributed by atoms with van der Waals surface area (Å²) in [5.74, 6) is 0.536. The number of nitrogens with one attached hydrogen (secondary N) is 2. The SMILES string of the molecule is CC(C)c1ccc(NC(=S)Nc2ccccc2Br)cc1. The van der Waals surface area contributed by atoms with Gasteiger partial charge < -0.3 is 10.6 Å². The number of hydrogen-bond acceptors (Lipinski definition) is 1. The lowest BCUT2D eigenvalue weighted by molar-refractivity contribution is 0.867. The standard InChI is InChI=1S/C16H17BrN2S/c1-11(2)12-7-9-13(10-8-12)18-16(20)19-15-6-4-3-5-14(15)17/h3-11H,1-2H3,(H2,18,19,20). The molecule has 0 radical (unpaired) electrons. The highest BCUT2D eigenvalue weighted by Gasteiger charge is 2.03. The number of anilines is 2. The quantitative estimate of drug-likeness (QED) is 0.728. The van der Waals surface area contributed by atoms with Crippen LogP contribution in [-0.2, 0) is 0 Å². The molecule has 0 saturated heterocycles. The highest BCUT2D eigenvalue weighted by Crippen LogP contribution is 2.22. The van der Waals surface area contributed by atoms with E-state index in [2.05, 4.69) is 52.5 Å². The highest BCUT2D eigenvalue weighted by molar-refractivity contribution is 9.10. The van der Waals surface area contributed by atoms with E-state index in [1.807, 2.05) is 36.4 Å². The van der Waals surface area contributed by atoms with Crippen LogP contribution < -0.4 is 10.6 Å². The van der Waals surface area contributed by atoms with Crippen LogP contribution in [0.25, 0.3) is 0 Å². The Kier molecular flexibility index (Phi) is 5.15. The molecule has 104 valence electrons. The molecular weight excluding hydrogens is 332 g/mol. The fourth-order valence-corrected chi connectivity index (χ4v) is 2.41. The van der Waals surface area contributed by atoms with Crippen molar-refractivity contribution in [3.05, 3.63) is 58.6 Å². The molecule has 2 rings (SSSR count). The third kappa shape index (κ3) is 4.05. The van der Waals surface area contributed by atoms with Crippen molar-refractivity contribution in [3.8, 4) is 0 Å². The van der Waals surface area contributed by atoms with Gasteiger partial charge in [-0.15, -0.1) is 0 Å². The maximum Gasteiger partial charge on any atom is 0.175 e. The molecule has 2 aromatic rings. The Balaban J connectivity index is 1.99. The molecule has 0 bridgehead atoms. The van der Waals surface area contributed by atoms with E-state index in [1.165, 1.54) is 5.56 Å². The van der Waals surface area contributed by atoms with E-state index >= 15 is 0 Å². The number of benzene rings is 2. The first-order valence-corrected chi connectivity index (χ1v) is 7.69. The second-order valence-corrected chi connectivity index (χ2v) is 6.10. The molecule has 0 spiro atoms. The van der Waals surface area contributed by atoms with Crippen LogP contribution in [0.1, 0.15) is 25.3 Å². The lowest BCUT2D eigenvalue weighted by Crippen LogP contribution is -2.19. The summed E-state index contributed by atoms with van der Waals surface area (Å²) in [5, 5.41) is 6.93. The second kappa shape index (κ2) is 6.86. The first-order chi connectivity index (χ1) is 9.56. The summed E-state index contributed by atoms with van der Waals surface area (Å²) in [7, 11) is 0. The predicted octanol–water partition coefficient (Wildman–Crippen LogP) is 5.38. The molecule has 0 unspecified atom stereocenters. The Hall–Kier alpha value is -1.39. The number of hydrogen-bond donors (Lipinski definition) is 2. The largest absolute Gasteiger partial charge is 0.332 e. The zero-order valence-electron chi connectivity index (χ0n) is 11.5. The van der Waals surface area contributed by atoms with Crippen molar-refractivity contribution in [1.82, 2.24) is 0 Å². The van der Waals surface area contributed by atoms with Crippen LogP contribution in [0.5, 0.6) is 0 Å². The fourth-order valence-electron chi connectivity index (χ4n) is 1.80. The average Bonchev–Trinajstić information content (AvgIpc) is 2.42. The van der Waals surface area contributed by atoms with Gasteiger partial charge in [-0.3, -0.25) is 0 Å². The van der Waals surface area contributed by atoms with Gasteiger partial charge in [-0.05, 0) is 63.9 Å². The van der Waals surface area contributed by atoms with Crippen molar-refractivity contribution in [2.75, 3.05) is 10.6 Å². The molecular formula is C16H17BrN2S. The van der Waals surface area contributed by atoms with Gasteiger partial charge in [-0.2, -0.15) is 0 Å². The van der Waals surface area contributed by atoms with Crippen molar-refractivity contribution in [2.24, 2.45) is 0 Å². The van der Waals surface area contributed by atoms with Crippen molar-refractivity contribution < 1.29 is 0 Å². The first-order valence-electron chi connectivity index (χ1n) is 6.49. The molecule has 0 saturated carbocycles. The summed E-state index contributed by atoms with van der Waals surface area (Å²) in [6.45, 7) is 4.36. The van der Waals surface area contributed by atoms with Crippen molar-refractivity contribution in [1.29, 1.82) is 0 Å². The molecule has 2 nitrogen and oxygen atoms in total. The number of thiocarbonyl (C=S) groups is 1. The smallest absolute Gasteiger partial charge is 0.175 e. The minimum Gasteiger partial charge on any atom is -0.332 e. The molecule has 0 aliphatic rings. The molecule has 0 aromatic heterocycles. The van der Waals surface area contributed by atoms with Gasteiger partial charge in [0.1, 0.15) is 0 Å². The van der Waals surface area contributed by atoms with Gasteiger partial charge in [-0.25, -0.2) is 0 Å². The van der Waals surface area contributed by atoms with E-state index in [0.717, 1.165) is 15.8 Å². The zero-order valence-corrected chi connectivity index (χ0v) is 13.9. The monoisotopic (exact) mass is 348 g/mol. The molecule has 0 heterocycles. The van der Waals surface area contributed by atoms with Crippen molar-refractivity contribution >= 4 is 44.6 Å². The van der Waals surface area contributed by atoms with Gasteiger partial charge in [0.15, 0.2) is 5.11 Å². The van der Waals surface area contributed by atoms with E-state index < -0.39 is 0 Å². The summed E-state index contributed by atoms with van der Waals surface area (Å²) in [6.07, 6.45) is 0. The topological polar surface area (TPSA) is 24.1 Å². The summed E-state index contributed by atoms with van der Waals surface area (Å²) in [4.78, 5) is 0. The number of rotatable bonds is 3. The van der Waals surface area contributed by atoms with E-state index in [9.17, 15) is 0 Å². The summed E-state index contributed by atoms with van der Waals surface area (Å²) in [6, 6.07) is 16.2. The Morgan fingerprint density at radius 3 is 2.25 bits per heavy atom. The van der Waals surface area contributed by atoms with Gasteiger partial charge in [-0.1, -0.05) is 38.1 Å². The van der Waals surface area contributed by atoms with Crippen LogP contribution in [0.3, 0.4) is 0 Å². The lowest BCUT2D eigenvalue weighted by atomic mass is 10.0. The maximum absolute atomic E-state index is 5.32. The molecule has 2 N–H and O–H groups in total. The molecule has 20 heavy (non-hydrogen) atoms. The summed E-state index contributed by atoms with van der Waals surface area (Å²) < 4.78 is 0.985. The molecule has 4 heteroatoms. The van der Waals surface area contributed by atoms with Crippen LogP contribution in [0.4, 0.5) is 11.4 Å². The van der Waals surface area contributed by atoms with E-state index in [1.54, 1.807) is 0 Å². The third-order valence-electron chi connectivity index (χ3n) is 2.96. The average molecular weight is 349 g/mol. The molecule has 0 aliphatic heterocycles. The Labute approximate surface area is 133 Å². The number of halogens is 1. The van der Waals surface area contributed by atoms with Crippen molar-refractivity contribution in [3.63, 3.8) is 0 Å². The fraction of sp³-hybridized carbons (Fsp3) is 0.188. The Morgan fingerprint density at radius 2 is 1.65 bits per heavy atom. The van der Waals surface area contributed by atoms with Crippen LogP contribution in [0.2, 0.25) is 0 Å². The van der Waals surface area contributed by atoms with E-state index in [4.69, 9.17) is 12.2 Å². The third-order valence-corrected chi connectivity index (χ3v) is 3.85. The van der Waals surface area contributed by atoms with Crippen LogP contribution >= 0.6 is 28.1 Å². The first kappa shape index (κ1) is 15.0. The van der Waals surface area contributed by atoms with Gasteiger partial charge in [0.25, 0.3) is 0 Å². The minimum absolute atomic E-state index is 0.536. The van der Waals surface area contributed by atoms with Crippen LogP contribution in [-0.4, -0.2) is 5.11 Å². The predicted molar refractivity (Wildman–Crippen MR) is 94.5 cm³/mol. The van der Waals surface area contributed by atoms with Crippen molar-refractivity contribution in [2.45, 2.75) is 19.8 Å². The minimum atomic E-state index is 0.536. The molecule has 2 aromatic carbocycles. The van der Waals surface area contributed by atoms with Gasteiger partial charge in [0, 0.05) is 10.2 Å². The molecule has 0 atom stereocenters. The van der Waals surface area contributed by atoms with E-state index in [0.29, 0.717) is 11.0 Å². The highest BCUT2D eigenvalue weighted by atomic mass is 79.9. The van der Waals surface area contributed by atoms with E-state index in [-0.39, 0.29) is 0 Å². The summed E-state index contributed by atoms with van der Waals surface area (Å²) >= 11 is 8.80. The zero-order chi connectivity index (χ0) is 14.5. The Bertz CT molecular complexity index is 594. The number of para-hydroxylation sites is 1. The molecule has 0 fully saturated rings. The maximum atomic E-state index is 5.32. The Morgan fingerprint density at radius 1 is 1.00 bits per heavy atom. The normalized spacial score (nSPS) is 10.4. The molecule has 0 aliphatic carbocycles.